The number of hydrogen-bond donors (Lipinski definition) is 1. The Morgan fingerprint density at radius 1 is 1.06 bits per heavy atom. The molecule has 1 saturated heterocycles. The monoisotopic (exact) mass is 445 g/mol. The first-order chi connectivity index (χ1) is 15.7. The van der Waals surface area contributed by atoms with Crippen LogP contribution in [0.4, 0.5) is 10.8 Å². The third kappa shape index (κ3) is 4.71. The highest BCUT2D eigenvalue weighted by Crippen LogP contribution is 2.28. The van der Waals surface area contributed by atoms with Crippen molar-refractivity contribution in [3.63, 3.8) is 0 Å². The zero-order valence-corrected chi connectivity index (χ0v) is 18.3. The molecule has 1 aliphatic heterocycles. The summed E-state index contributed by atoms with van der Waals surface area (Å²) in [6.45, 7) is 3.93. The van der Waals surface area contributed by atoms with Crippen molar-refractivity contribution in [3.05, 3.63) is 83.5 Å². The number of carbonyl (C=O) groups is 1. The summed E-state index contributed by atoms with van der Waals surface area (Å²) in [5.41, 5.74) is 4.44. The minimum Gasteiger partial charge on any atom is -0.378 e. The van der Waals surface area contributed by atoms with Gasteiger partial charge in [0, 0.05) is 47.7 Å². The van der Waals surface area contributed by atoms with E-state index < -0.39 is 0 Å². The number of morpholine rings is 1. The lowest BCUT2D eigenvalue weighted by Crippen LogP contribution is -2.36. The lowest BCUT2D eigenvalue weighted by atomic mass is 10.1. The fourth-order valence-electron chi connectivity index (χ4n) is 3.57. The first kappa shape index (κ1) is 20.4. The summed E-state index contributed by atoms with van der Waals surface area (Å²) in [7, 11) is 0. The van der Waals surface area contributed by atoms with Gasteiger partial charge in [-0.1, -0.05) is 24.3 Å². The van der Waals surface area contributed by atoms with Gasteiger partial charge in [-0.25, -0.2) is 4.98 Å². The molecule has 0 saturated carbocycles. The molecule has 2 aromatic heterocycles. The number of aromatic nitrogens is 3. The van der Waals surface area contributed by atoms with Crippen molar-refractivity contribution in [2.75, 3.05) is 36.5 Å². The number of thiazole rings is 1. The molecule has 1 amide bonds. The molecule has 162 valence electrons. The van der Waals surface area contributed by atoms with Gasteiger partial charge in [0.25, 0.3) is 5.91 Å². The SMILES string of the molecule is O=C(Nc1ccc(-c2csc(N3CCOCC3)n2)cc1)c1ccc(Cn2cccn2)cc1. The van der Waals surface area contributed by atoms with Crippen molar-refractivity contribution < 1.29 is 9.53 Å². The quantitative estimate of drug-likeness (QED) is 0.483. The van der Waals surface area contributed by atoms with Crippen LogP contribution in [0.25, 0.3) is 11.3 Å². The molecule has 7 nitrogen and oxygen atoms in total. The molecule has 0 radical (unpaired) electrons. The van der Waals surface area contributed by atoms with Crippen molar-refractivity contribution in [2.24, 2.45) is 0 Å². The van der Waals surface area contributed by atoms with E-state index in [0.717, 1.165) is 53.9 Å². The maximum absolute atomic E-state index is 12.6. The van der Waals surface area contributed by atoms with Crippen molar-refractivity contribution >= 4 is 28.1 Å². The summed E-state index contributed by atoms with van der Waals surface area (Å²) in [6, 6.07) is 17.3. The highest BCUT2D eigenvalue weighted by atomic mass is 32.1. The Morgan fingerprint density at radius 2 is 1.84 bits per heavy atom. The van der Waals surface area contributed by atoms with Gasteiger partial charge < -0.3 is 15.0 Å². The zero-order chi connectivity index (χ0) is 21.8. The molecule has 32 heavy (non-hydrogen) atoms. The number of nitrogens with one attached hydrogen (secondary N) is 1. The van der Waals surface area contributed by atoms with Gasteiger partial charge in [0.05, 0.1) is 25.5 Å². The Labute approximate surface area is 190 Å². The number of rotatable bonds is 6. The molecule has 0 spiro atoms. The largest absolute Gasteiger partial charge is 0.378 e. The number of anilines is 2. The van der Waals surface area contributed by atoms with Crippen molar-refractivity contribution in [3.8, 4) is 11.3 Å². The van der Waals surface area contributed by atoms with E-state index in [2.05, 4.69) is 20.7 Å². The van der Waals surface area contributed by atoms with Crippen LogP contribution in [0.15, 0.2) is 72.4 Å². The van der Waals surface area contributed by atoms with Gasteiger partial charge in [0.15, 0.2) is 5.13 Å². The number of hydrogen-bond acceptors (Lipinski definition) is 6. The molecule has 0 atom stereocenters. The topological polar surface area (TPSA) is 72.3 Å². The molecule has 2 aromatic carbocycles. The molecule has 0 unspecified atom stereocenters. The second-order valence-corrected chi connectivity index (χ2v) is 8.38. The van der Waals surface area contributed by atoms with E-state index in [4.69, 9.17) is 9.72 Å². The first-order valence-electron chi connectivity index (χ1n) is 10.5. The number of amides is 1. The van der Waals surface area contributed by atoms with Crippen LogP contribution >= 0.6 is 11.3 Å². The summed E-state index contributed by atoms with van der Waals surface area (Å²) in [5.74, 6) is -0.133. The maximum atomic E-state index is 12.6. The van der Waals surface area contributed by atoms with Crippen LogP contribution in [0.1, 0.15) is 15.9 Å². The highest BCUT2D eigenvalue weighted by molar-refractivity contribution is 7.14. The van der Waals surface area contributed by atoms with Crippen LogP contribution < -0.4 is 10.2 Å². The molecular weight excluding hydrogens is 422 g/mol. The summed E-state index contributed by atoms with van der Waals surface area (Å²) < 4.78 is 7.26. The summed E-state index contributed by atoms with van der Waals surface area (Å²) in [5, 5.41) is 10.3. The van der Waals surface area contributed by atoms with E-state index >= 15 is 0 Å². The van der Waals surface area contributed by atoms with Gasteiger partial charge >= 0.3 is 0 Å². The molecule has 0 aliphatic carbocycles. The Morgan fingerprint density at radius 3 is 2.56 bits per heavy atom. The van der Waals surface area contributed by atoms with Crippen LogP contribution in [0, 0.1) is 0 Å². The lowest BCUT2D eigenvalue weighted by molar-refractivity contribution is 0.102. The average molecular weight is 446 g/mol. The molecule has 1 fully saturated rings. The zero-order valence-electron chi connectivity index (χ0n) is 17.5. The van der Waals surface area contributed by atoms with Crippen molar-refractivity contribution in [1.82, 2.24) is 14.8 Å². The van der Waals surface area contributed by atoms with Crippen LogP contribution in [-0.2, 0) is 11.3 Å². The lowest BCUT2D eigenvalue weighted by Gasteiger charge is -2.26. The molecule has 5 rings (SSSR count). The van der Waals surface area contributed by atoms with E-state index in [1.165, 1.54) is 0 Å². The second kappa shape index (κ2) is 9.33. The van der Waals surface area contributed by atoms with E-state index in [-0.39, 0.29) is 5.91 Å². The summed E-state index contributed by atoms with van der Waals surface area (Å²) in [4.78, 5) is 19.6. The number of carbonyl (C=O) groups excluding carboxylic acids is 1. The molecule has 1 N–H and O–H groups in total. The van der Waals surface area contributed by atoms with Gasteiger partial charge in [-0.3, -0.25) is 9.48 Å². The standard InChI is InChI=1S/C24H23N5O2S/c30-23(20-4-2-18(3-5-20)16-29-11-1-10-25-29)26-21-8-6-19(7-9-21)22-17-32-24(27-22)28-12-14-31-15-13-28/h1-11,17H,12-16H2,(H,26,30). The number of benzene rings is 2. The Hall–Kier alpha value is -3.49. The van der Waals surface area contributed by atoms with E-state index in [1.54, 1.807) is 17.5 Å². The predicted octanol–water partition coefficient (Wildman–Crippen LogP) is 4.14. The van der Waals surface area contributed by atoms with Crippen LogP contribution in [0.5, 0.6) is 0 Å². The molecule has 8 heteroatoms. The number of ether oxygens (including phenoxy) is 1. The average Bonchev–Trinajstić information content (AvgIpc) is 3.53. The molecular formula is C24H23N5O2S. The minimum atomic E-state index is -0.133. The summed E-state index contributed by atoms with van der Waals surface area (Å²) in [6.07, 6.45) is 3.67. The van der Waals surface area contributed by atoms with Crippen LogP contribution in [0.2, 0.25) is 0 Å². The van der Waals surface area contributed by atoms with E-state index in [0.29, 0.717) is 12.1 Å². The van der Waals surface area contributed by atoms with E-state index in [9.17, 15) is 4.79 Å². The van der Waals surface area contributed by atoms with Gasteiger partial charge in [0.1, 0.15) is 0 Å². The van der Waals surface area contributed by atoms with Gasteiger partial charge in [0.2, 0.25) is 0 Å². The Bertz CT molecular complexity index is 1160. The predicted molar refractivity (Wildman–Crippen MR) is 126 cm³/mol. The smallest absolute Gasteiger partial charge is 0.255 e. The third-order valence-corrected chi connectivity index (χ3v) is 6.23. The van der Waals surface area contributed by atoms with Gasteiger partial charge in [-0.2, -0.15) is 5.10 Å². The molecule has 4 aromatic rings. The fraction of sp³-hybridized carbons (Fsp3) is 0.208. The molecule has 3 heterocycles. The van der Waals surface area contributed by atoms with Gasteiger partial charge in [-0.05, 0) is 35.9 Å². The fourth-order valence-corrected chi connectivity index (χ4v) is 4.46. The second-order valence-electron chi connectivity index (χ2n) is 7.55. The minimum absolute atomic E-state index is 0.133. The first-order valence-corrected chi connectivity index (χ1v) is 11.4. The maximum Gasteiger partial charge on any atom is 0.255 e. The molecule has 0 bridgehead atoms. The number of nitrogens with zero attached hydrogens (tertiary/aromatic N) is 4. The van der Waals surface area contributed by atoms with Crippen molar-refractivity contribution in [1.29, 1.82) is 0 Å². The normalized spacial score (nSPS) is 13.8. The van der Waals surface area contributed by atoms with E-state index in [1.807, 2.05) is 65.5 Å². The summed E-state index contributed by atoms with van der Waals surface area (Å²) >= 11 is 1.65. The third-order valence-electron chi connectivity index (χ3n) is 5.33. The van der Waals surface area contributed by atoms with Crippen LogP contribution in [-0.4, -0.2) is 47.0 Å². The van der Waals surface area contributed by atoms with Crippen molar-refractivity contribution in [2.45, 2.75) is 6.54 Å². The Kier molecular flexibility index (Phi) is 5.96. The van der Waals surface area contributed by atoms with Gasteiger partial charge in [-0.15, -0.1) is 11.3 Å². The van der Waals surface area contributed by atoms with Crippen LogP contribution in [0.3, 0.4) is 0 Å². The Balaban J connectivity index is 1.21. The molecule has 1 aliphatic rings. The highest BCUT2D eigenvalue weighted by Gasteiger charge is 2.15.